The molecule has 0 saturated carbocycles. The summed E-state index contributed by atoms with van der Waals surface area (Å²) >= 11 is 5.63. The minimum absolute atomic E-state index is 0.00810. The minimum Gasteiger partial charge on any atom is -0.347 e. The van der Waals surface area contributed by atoms with Crippen molar-refractivity contribution >= 4 is 23.2 Å². The van der Waals surface area contributed by atoms with Crippen LogP contribution < -0.4 is 5.32 Å². The zero-order valence-corrected chi connectivity index (χ0v) is 10.2. The minimum atomic E-state index is -0.689. The fourth-order valence-corrected chi connectivity index (χ4v) is 1.56. The first-order valence-electron chi connectivity index (χ1n) is 5.14. The number of rotatable bonds is 4. The summed E-state index contributed by atoms with van der Waals surface area (Å²) in [6, 6.07) is 1.15. The molecular formula is C10H8ClN5O3. The SMILES string of the molecule is O=C(NCc1ncc[nH]1)c1cc(Cl)ncc1[N+](=O)[O-]. The molecule has 0 saturated heterocycles. The van der Waals surface area contributed by atoms with E-state index < -0.39 is 16.5 Å². The van der Waals surface area contributed by atoms with E-state index in [2.05, 4.69) is 20.3 Å². The van der Waals surface area contributed by atoms with Crippen LogP contribution >= 0.6 is 11.6 Å². The summed E-state index contributed by atoms with van der Waals surface area (Å²) in [4.78, 5) is 32.3. The molecule has 2 N–H and O–H groups in total. The first-order valence-corrected chi connectivity index (χ1v) is 5.52. The maximum absolute atomic E-state index is 11.9. The Morgan fingerprint density at radius 1 is 1.53 bits per heavy atom. The molecule has 0 aliphatic rings. The molecule has 19 heavy (non-hydrogen) atoms. The topological polar surface area (TPSA) is 114 Å². The number of nitrogens with one attached hydrogen (secondary N) is 2. The summed E-state index contributed by atoms with van der Waals surface area (Å²) in [7, 11) is 0. The van der Waals surface area contributed by atoms with Gasteiger partial charge in [-0.3, -0.25) is 14.9 Å². The van der Waals surface area contributed by atoms with Crippen LogP contribution in [0.25, 0.3) is 0 Å². The molecule has 0 aliphatic carbocycles. The van der Waals surface area contributed by atoms with Gasteiger partial charge in [-0.05, 0) is 6.07 Å². The van der Waals surface area contributed by atoms with Crippen LogP contribution in [-0.2, 0) is 6.54 Å². The van der Waals surface area contributed by atoms with Crippen LogP contribution in [0.2, 0.25) is 5.15 Å². The van der Waals surface area contributed by atoms with Crippen molar-refractivity contribution in [2.75, 3.05) is 0 Å². The van der Waals surface area contributed by atoms with E-state index in [1.807, 2.05) is 0 Å². The average molecular weight is 282 g/mol. The summed E-state index contributed by atoms with van der Waals surface area (Å²) in [5.41, 5.74) is -0.544. The van der Waals surface area contributed by atoms with Gasteiger partial charge in [-0.15, -0.1) is 0 Å². The monoisotopic (exact) mass is 281 g/mol. The molecule has 2 rings (SSSR count). The second kappa shape index (κ2) is 5.44. The molecule has 0 aromatic carbocycles. The number of H-pyrrole nitrogens is 1. The molecule has 0 spiro atoms. The summed E-state index contributed by atoms with van der Waals surface area (Å²) in [6.45, 7) is 0.128. The van der Waals surface area contributed by atoms with Crippen molar-refractivity contribution in [3.63, 3.8) is 0 Å². The van der Waals surface area contributed by atoms with E-state index in [9.17, 15) is 14.9 Å². The molecule has 0 fully saturated rings. The van der Waals surface area contributed by atoms with Gasteiger partial charge >= 0.3 is 0 Å². The number of hydrogen-bond donors (Lipinski definition) is 2. The van der Waals surface area contributed by atoms with Crippen LogP contribution in [0.5, 0.6) is 0 Å². The van der Waals surface area contributed by atoms with Crippen molar-refractivity contribution in [1.82, 2.24) is 20.3 Å². The summed E-state index contributed by atoms with van der Waals surface area (Å²) in [6.07, 6.45) is 4.09. The lowest BCUT2D eigenvalue weighted by atomic mass is 10.2. The maximum atomic E-state index is 11.9. The predicted molar refractivity (Wildman–Crippen MR) is 65.7 cm³/mol. The Labute approximate surface area is 112 Å². The number of aromatic amines is 1. The van der Waals surface area contributed by atoms with Crippen molar-refractivity contribution in [3.8, 4) is 0 Å². The average Bonchev–Trinajstić information content (AvgIpc) is 2.88. The lowest BCUT2D eigenvalue weighted by Crippen LogP contribution is -2.24. The molecular weight excluding hydrogens is 274 g/mol. The van der Waals surface area contributed by atoms with E-state index in [1.54, 1.807) is 6.20 Å². The summed E-state index contributed by atoms with van der Waals surface area (Å²) in [5, 5.41) is 13.3. The van der Waals surface area contributed by atoms with Gasteiger partial charge in [0.15, 0.2) is 0 Å². The molecule has 0 bridgehead atoms. The molecule has 9 heteroatoms. The predicted octanol–water partition coefficient (Wildman–Crippen LogP) is 1.30. The van der Waals surface area contributed by atoms with Crippen LogP contribution in [0.1, 0.15) is 16.2 Å². The van der Waals surface area contributed by atoms with Crippen molar-refractivity contribution in [2.24, 2.45) is 0 Å². The fourth-order valence-electron chi connectivity index (χ4n) is 1.40. The van der Waals surface area contributed by atoms with Crippen molar-refractivity contribution < 1.29 is 9.72 Å². The number of carbonyl (C=O) groups is 1. The Balaban J connectivity index is 2.18. The van der Waals surface area contributed by atoms with Gasteiger partial charge in [-0.2, -0.15) is 0 Å². The number of carbonyl (C=O) groups excluding carboxylic acids is 1. The van der Waals surface area contributed by atoms with Gasteiger partial charge in [0, 0.05) is 12.4 Å². The molecule has 0 aliphatic heterocycles. The largest absolute Gasteiger partial charge is 0.347 e. The zero-order chi connectivity index (χ0) is 13.8. The number of pyridine rings is 1. The van der Waals surface area contributed by atoms with Crippen molar-refractivity contribution in [2.45, 2.75) is 6.54 Å². The third-order valence-corrected chi connectivity index (χ3v) is 2.47. The summed E-state index contributed by atoms with van der Waals surface area (Å²) < 4.78 is 0. The van der Waals surface area contributed by atoms with Crippen LogP contribution in [0.15, 0.2) is 24.7 Å². The third-order valence-electron chi connectivity index (χ3n) is 2.26. The van der Waals surface area contributed by atoms with Gasteiger partial charge in [-0.1, -0.05) is 11.6 Å². The highest BCUT2D eigenvalue weighted by Gasteiger charge is 2.21. The number of hydrogen-bond acceptors (Lipinski definition) is 5. The van der Waals surface area contributed by atoms with Crippen molar-refractivity contribution in [1.29, 1.82) is 0 Å². The Morgan fingerprint density at radius 2 is 2.32 bits per heavy atom. The van der Waals surface area contributed by atoms with Gasteiger partial charge in [0.2, 0.25) is 0 Å². The second-order valence-corrected chi connectivity index (χ2v) is 3.89. The molecule has 1 amide bonds. The third kappa shape index (κ3) is 3.05. The Bertz CT molecular complexity index is 614. The van der Waals surface area contributed by atoms with Crippen LogP contribution in [0, 0.1) is 10.1 Å². The first-order chi connectivity index (χ1) is 9.08. The van der Waals surface area contributed by atoms with Gasteiger partial charge in [0.1, 0.15) is 22.7 Å². The van der Waals surface area contributed by atoms with Crippen molar-refractivity contribution in [3.05, 3.63) is 51.3 Å². The Morgan fingerprint density at radius 3 is 2.95 bits per heavy atom. The van der Waals surface area contributed by atoms with E-state index >= 15 is 0 Å². The molecule has 2 heterocycles. The van der Waals surface area contributed by atoms with E-state index in [1.165, 1.54) is 6.20 Å². The lowest BCUT2D eigenvalue weighted by molar-refractivity contribution is -0.385. The highest BCUT2D eigenvalue weighted by Crippen LogP contribution is 2.20. The number of halogens is 1. The number of nitrogens with zero attached hydrogens (tertiary/aromatic N) is 3. The Kier molecular flexibility index (Phi) is 3.71. The number of amides is 1. The fraction of sp³-hybridized carbons (Fsp3) is 0.100. The summed E-state index contributed by atoms with van der Waals surface area (Å²) in [5.74, 6) is -0.0800. The number of nitro groups is 1. The van der Waals surface area contributed by atoms with Crippen LogP contribution in [0.4, 0.5) is 5.69 Å². The van der Waals surface area contributed by atoms with E-state index in [0.29, 0.717) is 5.82 Å². The highest BCUT2D eigenvalue weighted by molar-refractivity contribution is 6.29. The van der Waals surface area contributed by atoms with Gasteiger partial charge in [0.05, 0.1) is 11.5 Å². The molecule has 8 nitrogen and oxygen atoms in total. The van der Waals surface area contributed by atoms with E-state index in [4.69, 9.17) is 11.6 Å². The molecule has 0 radical (unpaired) electrons. The highest BCUT2D eigenvalue weighted by atomic mass is 35.5. The van der Waals surface area contributed by atoms with Gasteiger partial charge < -0.3 is 10.3 Å². The normalized spacial score (nSPS) is 10.2. The molecule has 98 valence electrons. The second-order valence-electron chi connectivity index (χ2n) is 3.50. The quantitative estimate of drug-likeness (QED) is 0.498. The van der Waals surface area contributed by atoms with Gasteiger partial charge in [0.25, 0.3) is 11.6 Å². The van der Waals surface area contributed by atoms with E-state index in [0.717, 1.165) is 12.3 Å². The molecule has 2 aromatic rings. The molecule has 2 aromatic heterocycles. The van der Waals surface area contributed by atoms with Gasteiger partial charge in [-0.25, -0.2) is 9.97 Å². The molecule has 0 unspecified atom stereocenters. The Hall–Kier alpha value is -2.48. The smallest absolute Gasteiger partial charge is 0.300 e. The maximum Gasteiger partial charge on any atom is 0.300 e. The zero-order valence-electron chi connectivity index (χ0n) is 9.46. The van der Waals surface area contributed by atoms with Crippen LogP contribution in [0.3, 0.4) is 0 Å². The number of imidazole rings is 1. The molecule has 0 atom stereocenters. The number of aromatic nitrogens is 3. The standard InChI is InChI=1S/C10H8ClN5O3/c11-8-3-6(7(4-14-8)16(18)19)10(17)15-5-9-12-1-2-13-9/h1-4H,5H2,(H,12,13)(H,15,17). The van der Waals surface area contributed by atoms with Crippen LogP contribution in [-0.4, -0.2) is 25.8 Å². The lowest BCUT2D eigenvalue weighted by Gasteiger charge is -2.04. The first kappa shape index (κ1) is 13.0. The van der Waals surface area contributed by atoms with E-state index in [-0.39, 0.29) is 17.3 Å².